The van der Waals surface area contributed by atoms with Gasteiger partial charge in [0, 0.05) is 32.1 Å². The number of amides is 3. The van der Waals surface area contributed by atoms with Gasteiger partial charge in [-0.1, -0.05) is 11.8 Å². The van der Waals surface area contributed by atoms with Crippen molar-refractivity contribution in [2.24, 2.45) is 13.0 Å². The van der Waals surface area contributed by atoms with Crippen LogP contribution >= 0.6 is 0 Å². The summed E-state index contributed by atoms with van der Waals surface area (Å²) in [6.07, 6.45) is 1.96. The molecule has 1 aromatic heterocycles. The number of aryl methyl sites for hydroxylation is 1. The number of benzene rings is 1. The van der Waals surface area contributed by atoms with E-state index < -0.39 is 17.6 Å². The number of carbonyl (C=O) groups is 3. The van der Waals surface area contributed by atoms with Crippen LogP contribution in [0.5, 0.6) is 0 Å². The number of ether oxygens (including phenoxy) is 2. The van der Waals surface area contributed by atoms with E-state index >= 15 is 0 Å². The van der Waals surface area contributed by atoms with Gasteiger partial charge in [-0.2, -0.15) is 0 Å². The Morgan fingerprint density at radius 2 is 1.84 bits per heavy atom. The second-order valence-corrected chi connectivity index (χ2v) is 10.6. The highest BCUT2D eigenvalue weighted by Gasteiger charge is 2.31. The molecule has 2 fully saturated rings. The van der Waals surface area contributed by atoms with Gasteiger partial charge in [0.25, 0.3) is 0 Å². The third-order valence-electron chi connectivity index (χ3n) is 6.64. The summed E-state index contributed by atoms with van der Waals surface area (Å²) in [4.78, 5) is 50.6. The third kappa shape index (κ3) is 6.23. The number of aromatic nitrogens is 2. The van der Waals surface area contributed by atoms with Gasteiger partial charge in [0.15, 0.2) is 0 Å². The lowest BCUT2D eigenvalue weighted by atomic mass is 9.98. The molecule has 37 heavy (non-hydrogen) atoms. The highest BCUT2D eigenvalue weighted by Crippen LogP contribution is 2.24. The molecular weight excluding hydrogens is 476 g/mol. The van der Waals surface area contributed by atoms with Crippen LogP contribution in [0.4, 0.5) is 4.79 Å². The molecule has 1 N–H and O–H groups in total. The van der Waals surface area contributed by atoms with Crippen LogP contribution in [0.2, 0.25) is 0 Å². The van der Waals surface area contributed by atoms with Crippen LogP contribution < -0.4 is 11.0 Å². The van der Waals surface area contributed by atoms with Gasteiger partial charge in [-0.25, -0.2) is 9.59 Å². The van der Waals surface area contributed by atoms with E-state index in [1.807, 2.05) is 32.9 Å². The predicted octanol–water partition coefficient (Wildman–Crippen LogP) is 2.33. The number of imidazole rings is 1. The first-order chi connectivity index (χ1) is 17.5. The number of hydrogen-bond donors (Lipinski definition) is 1. The molecule has 1 atom stereocenters. The second kappa shape index (κ2) is 10.8. The van der Waals surface area contributed by atoms with Crippen molar-refractivity contribution in [3.8, 4) is 11.8 Å². The van der Waals surface area contributed by atoms with E-state index in [0.29, 0.717) is 43.1 Å². The molecule has 2 aromatic rings. The highest BCUT2D eigenvalue weighted by atomic mass is 16.6. The lowest BCUT2D eigenvalue weighted by molar-refractivity contribution is -0.135. The fraction of sp³-hybridized carbons (Fsp3) is 0.556. The number of imide groups is 1. The summed E-state index contributed by atoms with van der Waals surface area (Å²) in [6, 6.07) is 4.70. The molecule has 0 spiro atoms. The lowest BCUT2D eigenvalue weighted by Crippen LogP contribution is -2.44. The Balaban J connectivity index is 1.31. The first-order valence-electron chi connectivity index (χ1n) is 12.6. The van der Waals surface area contributed by atoms with E-state index in [4.69, 9.17) is 9.47 Å². The van der Waals surface area contributed by atoms with Gasteiger partial charge in [-0.3, -0.25) is 24.0 Å². The van der Waals surface area contributed by atoms with Crippen molar-refractivity contribution in [1.82, 2.24) is 19.4 Å². The molecule has 198 valence electrons. The van der Waals surface area contributed by atoms with Crippen LogP contribution in [-0.2, 0) is 26.1 Å². The number of nitrogens with zero attached hydrogens (tertiary/aromatic N) is 3. The maximum absolute atomic E-state index is 12.9. The van der Waals surface area contributed by atoms with Gasteiger partial charge >= 0.3 is 11.8 Å². The zero-order valence-corrected chi connectivity index (χ0v) is 21.8. The first kappa shape index (κ1) is 26.5. The second-order valence-electron chi connectivity index (χ2n) is 10.6. The summed E-state index contributed by atoms with van der Waals surface area (Å²) >= 11 is 0. The maximum Gasteiger partial charge on any atom is 0.410 e. The fourth-order valence-electron chi connectivity index (χ4n) is 4.69. The zero-order valence-electron chi connectivity index (χ0n) is 21.8. The molecule has 10 heteroatoms. The molecule has 4 rings (SSSR count). The van der Waals surface area contributed by atoms with E-state index in [1.54, 1.807) is 18.0 Å². The normalized spacial score (nSPS) is 18.9. The Morgan fingerprint density at radius 1 is 1.11 bits per heavy atom. The molecule has 2 aliphatic heterocycles. The molecule has 3 heterocycles. The lowest BCUT2D eigenvalue weighted by Gasteiger charge is -2.33. The smallest absolute Gasteiger partial charge is 0.410 e. The minimum absolute atomic E-state index is 0.200. The summed E-state index contributed by atoms with van der Waals surface area (Å²) in [5.41, 5.74) is 1.22. The van der Waals surface area contributed by atoms with Crippen LogP contribution in [-0.4, -0.2) is 63.8 Å². The first-order valence-corrected chi connectivity index (χ1v) is 12.6. The van der Waals surface area contributed by atoms with E-state index in [0.717, 1.165) is 18.4 Å². The molecule has 0 bridgehead atoms. The number of carbonyl (C=O) groups excluding carboxylic acids is 3. The topological polar surface area (TPSA) is 112 Å². The number of likely N-dealkylation sites (tertiary alicyclic amines) is 1. The largest absolute Gasteiger partial charge is 0.444 e. The summed E-state index contributed by atoms with van der Waals surface area (Å²) in [5, 5.41) is 2.31. The average molecular weight is 511 g/mol. The molecule has 1 aromatic carbocycles. The van der Waals surface area contributed by atoms with Crippen molar-refractivity contribution in [3.63, 3.8) is 0 Å². The molecule has 0 aliphatic carbocycles. The Labute approximate surface area is 215 Å². The molecule has 0 saturated carbocycles. The Morgan fingerprint density at radius 3 is 2.51 bits per heavy atom. The molecule has 2 saturated heterocycles. The molecule has 0 radical (unpaired) electrons. The molecular formula is C27H34N4O6. The molecule has 10 nitrogen and oxygen atoms in total. The van der Waals surface area contributed by atoms with Crippen LogP contribution in [0.15, 0.2) is 23.0 Å². The van der Waals surface area contributed by atoms with Gasteiger partial charge in [0.05, 0.1) is 17.6 Å². The minimum atomic E-state index is -0.713. The molecule has 3 amide bonds. The van der Waals surface area contributed by atoms with E-state index in [2.05, 4.69) is 17.2 Å². The van der Waals surface area contributed by atoms with Crippen LogP contribution in [0.25, 0.3) is 11.0 Å². The number of piperidine rings is 2. The van der Waals surface area contributed by atoms with E-state index in [1.165, 1.54) is 9.13 Å². The van der Waals surface area contributed by atoms with Crippen molar-refractivity contribution < 1.29 is 23.9 Å². The quantitative estimate of drug-likeness (QED) is 0.384. The van der Waals surface area contributed by atoms with E-state index in [9.17, 15) is 19.2 Å². The zero-order chi connectivity index (χ0) is 26.7. The van der Waals surface area contributed by atoms with Gasteiger partial charge in [0.2, 0.25) is 11.8 Å². The van der Waals surface area contributed by atoms with Crippen molar-refractivity contribution >= 4 is 28.9 Å². The molecule has 1 unspecified atom stereocenters. The van der Waals surface area contributed by atoms with Crippen molar-refractivity contribution in [3.05, 3.63) is 34.2 Å². The fourth-order valence-corrected chi connectivity index (χ4v) is 4.69. The molecule has 2 aliphatic rings. The van der Waals surface area contributed by atoms with Crippen LogP contribution in [0, 0.1) is 17.8 Å². The predicted molar refractivity (Wildman–Crippen MR) is 137 cm³/mol. The SMILES string of the molecule is Cn1c(=O)n(C2CCC(=O)NC2=O)c2ccc(C#CCOCC3CCN(C(=O)OC(C)(C)C)CC3)cc21. The van der Waals surface area contributed by atoms with E-state index in [-0.39, 0.29) is 30.7 Å². The van der Waals surface area contributed by atoms with Crippen molar-refractivity contribution in [2.45, 2.75) is 58.1 Å². The maximum atomic E-state index is 12.9. The van der Waals surface area contributed by atoms with Crippen LogP contribution in [0.3, 0.4) is 0 Å². The van der Waals surface area contributed by atoms with Gasteiger partial charge < -0.3 is 14.4 Å². The van der Waals surface area contributed by atoms with Gasteiger partial charge in [0.1, 0.15) is 18.2 Å². The number of rotatable bonds is 4. The number of nitrogens with one attached hydrogen (secondary N) is 1. The van der Waals surface area contributed by atoms with Crippen LogP contribution in [0.1, 0.15) is 58.1 Å². The summed E-state index contributed by atoms with van der Waals surface area (Å²) < 4.78 is 14.1. The van der Waals surface area contributed by atoms with Crippen molar-refractivity contribution in [1.29, 1.82) is 0 Å². The summed E-state index contributed by atoms with van der Waals surface area (Å²) in [6.45, 7) is 7.77. The number of fused-ring (bicyclic) bond motifs is 1. The third-order valence-corrected chi connectivity index (χ3v) is 6.64. The Bertz CT molecular complexity index is 1310. The number of hydrogen-bond acceptors (Lipinski definition) is 6. The standard InChI is InChI=1S/C27H34N4O6/c1-27(2,3)37-26(35)30-13-11-19(12-14-30)17-36-15-5-6-18-7-8-20-22(16-18)29(4)25(34)31(20)21-9-10-23(32)28-24(21)33/h7-8,16,19,21H,9-15,17H2,1-4H3,(H,28,32,33). The minimum Gasteiger partial charge on any atom is -0.444 e. The Kier molecular flexibility index (Phi) is 7.73. The Hall–Kier alpha value is -3.58. The van der Waals surface area contributed by atoms with Gasteiger partial charge in [-0.05, 0) is 64.2 Å². The highest BCUT2D eigenvalue weighted by molar-refractivity contribution is 6.00. The summed E-state index contributed by atoms with van der Waals surface area (Å²) in [5.74, 6) is 5.70. The monoisotopic (exact) mass is 510 g/mol. The summed E-state index contributed by atoms with van der Waals surface area (Å²) in [7, 11) is 1.65. The van der Waals surface area contributed by atoms with Gasteiger partial charge in [-0.15, -0.1) is 0 Å². The van der Waals surface area contributed by atoms with Crippen molar-refractivity contribution in [2.75, 3.05) is 26.3 Å². The average Bonchev–Trinajstić information content (AvgIpc) is 3.08.